The third-order valence-corrected chi connectivity index (χ3v) is 4.47. The van der Waals surface area contributed by atoms with Crippen LogP contribution >= 0.6 is 0 Å². The Hall–Kier alpha value is -3.54. The van der Waals surface area contributed by atoms with Crippen LogP contribution in [-0.4, -0.2) is 24.2 Å². The number of carbonyl (C=O) groups is 1. The molecule has 4 rings (SSSR count). The molecular formula is C22H21N3O3. The third kappa shape index (κ3) is 4.40. The number of nitrogens with one attached hydrogen (secondary N) is 2. The molecule has 1 aliphatic heterocycles. The summed E-state index contributed by atoms with van der Waals surface area (Å²) in [6, 6.07) is 19.5. The highest BCUT2D eigenvalue weighted by atomic mass is 16.7. The first kappa shape index (κ1) is 17.9. The van der Waals surface area contributed by atoms with Crippen molar-refractivity contribution in [3.8, 4) is 11.5 Å². The number of fused-ring (bicyclic) bond motifs is 1. The summed E-state index contributed by atoms with van der Waals surface area (Å²) in [6.07, 6.45) is 2.46. The number of aromatic nitrogens is 1. The van der Waals surface area contributed by atoms with Crippen molar-refractivity contribution in [1.82, 2.24) is 10.3 Å². The normalized spacial score (nSPS) is 11.9. The van der Waals surface area contributed by atoms with Gasteiger partial charge in [0.15, 0.2) is 11.5 Å². The van der Waals surface area contributed by atoms with E-state index in [2.05, 4.69) is 15.6 Å². The van der Waals surface area contributed by atoms with Gasteiger partial charge in [-0.15, -0.1) is 0 Å². The van der Waals surface area contributed by atoms with Gasteiger partial charge in [0.2, 0.25) is 6.79 Å². The lowest BCUT2D eigenvalue weighted by Gasteiger charge is -2.08. The van der Waals surface area contributed by atoms with Crippen LogP contribution in [0.1, 0.15) is 21.6 Å². The van der Waals surface area contributed by atoms with Gasteiger partial charge in [-0.2, -0.15) is 0 Å². The third-order valence-electron chi connectivity index (χ3n) is 4.47. The predicted molar refractivity (Wildman–Crippen MR) is 107 cm³/mol. The fraction of sp³-hybridized carbons (Fsp3) is 0.182. The molecule has 2 aromatic carbocycles. The van der Waals surface area contributed by atoms with E-state index in [1.165, 1.54) is 5.56 Å². The van der Waals surface area contributed by atoms with Crippen LogP contribution in [0.25, 0.3) is 0 Å². The van der Waals surface area contributed by atoms with Gasteiger partial charge in [0.05, 0.1) is 11.9 Å². The maximum absolute atomic E-state index is 12.2. The van der Waals surface area contributed by atoms with Gasteiger partial charge in [-0.1, -0.05) is 36.4 Å². The highest BCUT2D eigenvalue weighted by molar-refractivity contribution is 5.92. The summed E-state index contributed by atoms with van der Waals surface area (Å²) in [4.78, 5) is 16.5. The molecule has 0 unspecified atom stereocenters. The van der Waals surface area contributed by atoms with Crippen molar-refractivity contribution in [2.24, 2.45) is 0 Å². The van der Waals surface area contributed by atoms with E-state index in [4.69, 9.17) is 9.47 Å². The number of amides is 1. The van der Waals surface area contributed by atoms with Crippen molar-refractivity contribution in [3.63, 3.8) is 0 Å². The molecule has 6 heteroatoms. The van der Waals surface area contributed by atoms with Crippen LogP contribution in [0.2, 0.25) is 0 Å². The van der Waals surface area contributed by atoms with Crippen LogP contribution < -0.4 is 20.1 Å². The number of anilines is 1. The highest BCUT2D eigenvalue weighted by Crippen LogP contribution is 2.32. The molecular weight excluding hydrogens is 354 g/mol. The number of pyridine rings is 1. The fourth-order valence-electron chi connectivity index (χ4n) is 2.94. The number of hydrogen-bond donors (Lipinski definition) is 2. The van der Waals surface area contributed by atoms with Crippen molar-refractivity contribution in [1.29, 1.82) is 0 Å². The molecule has 142 valence electrons. The maximum atomic E-state index is 12.2. The van der Waals surface area contributed by atoms with Gasteiger partial charge in [-0.25, -0.2) is 4.98 Å². The molecule has 0 radical (unpaired) electrons. The van der Waals surface area contributed by atoms with E-state index >= 15 is 0 Å². The van der Waals surface area contributed by atoms with E-state index < -0.39 is 0 Å². The second kappa shape index (κ2) is 8.43. The summed E-state index contributed by atoms with van der Waals surface area (Å²) in [5.74, 6) is 1.37. The predicted octanol–water partition coefficient (Wildman–Crippen LogP) is 3.39. The van der Waals surface area contributed by atoms with Crippen LogP contribution in [0.3, 0.4) is 0 Å². The Balaban J connectivity index is 1.26. The molecule has 1 aromatic heterocycles. The van der Waals surface area contributed by atoms with Gasteiger partial charge < -0.3 is 20.1 Å². The first-order valence-corrected chi connectivity index (χ1v) is 9.18. The Morgan fingerprint density at radius 2 is 1.82 bits per heavy atom. The largest absolute Gasteiger partial charge is 0.454 e. The minimum atomic E-state index is -0.168. The smallest absolute Gasteiger partial charge is 0.269 e. The Morgan fingerprint density at radius 1 is 0.964 bits per heavy atom. The first-order chi connectivity index (χ1) is 13.8. The lowest BCUT2D eigenvalue weighted by molar-refractivity contribution is 0.0949. The molecule has 28 heavy (non-hydrogen) atoms. The molecule has 1 aliphatic rings. The van der Waals surface area contributed by atoms with Crippen molar-refractivity contribution in [2.75, 3.05) is 18.7 Å². The summed E-state index contributed by atoms with van der Waals surface area (Å²) in [6.45, 7) is 1.47. The number of benzene rings is 2. The molecule has 0 saturated carbocycles. The Morgan fingerprint density at radius 3 is 2.64 bits per heavy atom. The number of nitrogens with zero attached hydrogens (tertiary/aromatic N) is 1. The van der Waals surface area contributed by atoms with Crippen molar-refractivity contribution in [2.45, 2.75) is 13.0 Å². The second-order valence-electron chi connectivity index (χ2n) is 6.46. The molecule has 3 aromatic rings. The number of rotatable bonds is 7. The van der Waals surface area contributed by atoms with E-state index in [-0.39, 0.29) is 12.7 Å². The summed E-state index contributed by atoms with van der Waals surface area (Å²) >= 11 is 0. The molecule has 0 bridgehead atoms. The number of ether oxygens (including phenoxy) is 2. The van der Waals surface area contributed by atoms with E-state index in [1.807, 2.05) is 54.6 Å². The second-order valence-corrected chi connectivity index (χ2v) is 6.46. The molecule has 0 spiro atoms. The summed E-state index contributed by atoms with van der Waals surface area (Å²) in [5, 5.41) is 6.19. The number of carbonyl (C=O) groups excluding carboxylic acids is 1. The monoisotopic (exact) mass is 375 g/mol. The zero-order chi connectivity index (χ0) is 19.2. The van der Waals surface area contributed by atoms with Gasteiger partial charge in [0, 0.05) is 13.1 Å². The van der Waals surface area contributed by atoms with Crippen LogP contribution in [0, 0.1) is 0 Å². The molecule has 0 fully saturated rings. The molecule has 0 aliphatic carbocycles. The van der Waals surface area contributed by atoms with Gasteiger partial charge in [0.1, 0.15) is 5.69 Å². The SMILES string of the molecule is O=C(NCCc1ccccc1)c1ccc(NCc2ccc3c(c2)OCO3)cn1. The van der Waals surface area contributed by atoms with Crippen LogP contribution in [0.15, 0.2) is 66.9 Å². The van der Waals surface area contributed by atoms with Crippen LogP contribution in [0.5, 0.6) is 11.5 Å². The van der Waals surface area contributed by atoms with E-state index in [0.717, 1.165) is 29.2 Å². The molecule has 6 nitrogen and oxygen atoms in total. The van der Waals surface area contributed by atoms with Gasteiger partial charge in [0.25, 0.3) is 5.91 Å². The van der Waals surface area contributed by atoms with Gasteiger partial charge in [-0.05, 0) is 41.8 Å². The average molecular weight is 375 g/mol. The minimum Gasteiger partial charge on any atom is -0.454 e. The zero-order valence-electron chi connectivity index (χ0n) is 15.4. The Kier molecular flexibility index (Phi) is 5.38. The first-order valence-electron chi connectivity index (χ1n) is 9.18. The lowest BCUT2D eigenvalue weighted by atomic mass is 10.1. The lowest BCUT2D eigenvalue weighted by Crippen LogP contribution is -2.26. The average Bonchev–Trinajstić information content (AvgIpc) is 3.21. The van der Waals surface area contributed by atoms with Crippen molar-refractivity contribution in [3.05, 3.63) is 83.7 Å². The molecule has 2 heterocycles. The quantitative estimate of drug-likeness (QED) is 0.662. The summed E-state index contributed by atoms with van der Waals surface area (Å²) in [5.41, 5.74) is 3.52. The van der Waals surface area contributed by atoms with Gasteiger partial charge in [-0.3, -0.25) is 4.79 Å². The molecule has 0 saturated heterocycles. The van der Waals surface area contributed by atoms with Crippen molar-refractivity contribution < 1.29 is 14.3 Å². The highest BCUT2D eigenvalue weighted by Gasteiger charge is 2.13. The Bertz CT molecular complexity index is 943. The van der Waals surface area contributed by atoms with Crippen molar-refractivity contribution >= 4 is 11.6 Å². The summed E-state index contributed by atoms with van der Waals surface area (Å²) < 4.78 is 10.7. The zero-order valence-corrected chi connectivity index (χ0v) is 15.4. The van der Waals surface area contributed by atoms with E-state index in [9.17, 15) is 4.79 Å². The number of hydrogen-bond acceptors (Lipinski definition) is 5. The van der Waals surface area contributed by atoms with Crippen LogP contribution in [-0.2, 0) is 13.0 Å². The molecule has 0 atom stereocenters. The van der Waals surface area contributed by atoms with E-state index in [1.54, 1.807) is 12.3 Å². The van der Waals surface area contributed by atoms with Gasteiger partial charge >= 0.3 is 0 Å². The fourth-order valence-corrected chi connectivity index (χ4v) is 2.94. The molecule has 1 amide bonds. The maximum Gasteiger partial charge on any atom is 0.269 e. The van der Waals surface area contributed by atoms with E-state index in [0.29, 0.717) is 18.8 Å². The minimum absolute atomic E-state index is 0.168. The Labute approximate surface area is 163 Å². The molecule has 2 N–H and O–H groups in total. The van der Waals surface area contributed by atoms with Crippen LogP contribution in [0.4, 0.5) is 5.69 Å². The topological polar surface area (TPSA) is 72.5 Å². The summed E-state index contributed by atoms with van der Waals surface area (Å²) in [7, 11) is 0. The standard InChI is InChI=1S/C22H21N3O3/c26-22(23-11-10-16-4-2-1-3-5-16)19-8-7-18(14-25-19)24-13-17-6-9-20-21(12-17)28-15-27-20/h1-9,12,14,24H,10-11,13,15H2,(H,23,26).